The monoisotopic (exact) mass is 340 g/mol. The van der Waals surface area contributed by atoms with Crippen LogP contribution in [0, 0.1) is 0 Å². The average molecular weight is 340 g/mol. The van der Waals surface area contributed by atoms with E-state index < -0.39 is 0 Å². The molecule has 3 heterocycles. The maximum atomic E-state index is 5.76. The summed E-state index contributed by atoms with van der Waals surface area (Å²) in [5.41, 5.74) is 1.33. The van der Waals surface area contributed by atoms with Crippen LogP contribution in [-0.2, 0) is 17.8 Å². The number of thiophene rings is 1. The van der Waals surface area contributed by atoms with Gasteiger partial charge in [-0.1, -0.05) is 18.2 Å². The fourth-order valence-electron chi connectivity index (χ4n) is 3.39. The molecule has 1 fully saturated rings. The van der Waals surface area contributed by atoms with E-state index in [1.165, 1.54) is 33.5 Å². The second-order valence-electron chi connectivity index (χ2n) is 6.40. The molecule has 0 radical (unpaired) electrons. The Bertz CT molecular complexity index is 786. The van der Waals surface area contributed by atoms with Gasteiger partial charge >= 0.3 is 0 Å². The summed E-state index contributed by atoms with van der Waals surface area (Å²) in [5.74, 6) is 0. The minimum atomic E-state index is 0.353. The lowest BCUT2D eigenvalue weighted by Gasteiger charge is -2.07. The minimum Gasteiger partial charge on any atom is -0.373 e. The van der Waals surface area contributed by atoms with Gasteiger partial charge in [0.2, 0.25) is 0 Å². The summed E-state index contributed by atoms with van der Waals surface area (Å²) in [4.78, 5) is 2.80. The normalized spacial score (nSPS) is 17.8. The first-order valence-electron chi connectivity index (χ1n) is 8.85. The van der Waals surface area contributed by atoms with Gasteiger partial charge in [0.1, 0.15) is 0 Å². The third-order valence-corrected chi connectivity index (χ3v) is 5.84. The molecule has 1 saturated heterocycles. The summed E-state index contributed by atoms with van der Waals surface area (Å²) in [5, 5.41) is 4.90. The SMILES string of the molecule is c1ccc2c(c1)ccn2CCCNCc1ccc(C2CCCO2)s1. The molecule has 1 unspecified atom stereocenters. The Morgan fingerprint density at radius 3 is 3.04 bits per heavy atom. The summed E-state index contributed by atoms with van der Waals surface area (Å²) in [7, 11) is 0. The number of ether oxygens (including phenoxy) is 1. The molecule has 1 aromatic carbocycles. The van der Waals surface area contributed by atoms with Gasteiger partial charge in [0.25, 0.3) is 0 Å². The highest BCUT2D eigenvalue weighted by Gasteiger charge is 2.19. The van der Waals surface area contributed by atoms with E-state index in [1.807, 2.05) is 11.3 Å². The molecule has 1 aliphatic rings. The van der Waals surface area contributed by atoms with E-state index in [-0.39, 0.29) is 0 Å². The molecule has 0 spiro atoms. The van der Waals surface area contributed by atoms with E-state index in [4.69, 9.17) is 4.74 Å². The summed E-state index contributed by atoms with van der Waals surface area (Å²) < 4.78 is 8.10. The van der Waals surface area contributed by atoms with Crippen LogP contribution >= 0.6 is 11.3 Å². The smallest absolute Gasteiger partial charge is 0.0917 e. The number of nitrogens with zero attached hydrogens (tertiary/aromatic N) is 1. The number of rotatable bonds is 7. The number of hydrogen-bond donors (Lipinski definition) is 1. The highest BCUT2D eigenvalue weighted by Crippen LogP contribution is 2.33. The van der Waals surface area contributed by atoms with Gasteiger partial charge in [0.05, 0.1) is 6.10 Å². The van der Waals surface area contributed by atoms with E-state index in [0.717, 1.165) is 32.7 Å². The van der Waals surface area contributed by atoms with Gasteiger partial charge in [0.15, 0.2) is 0 Å². The Kier molecular flexibility index (Phi) is 4.97. The van der Waals surface area contributed by atoms with E-state index in [0.29, 0.717) is 6.10 Å². The van der Waals surface area contributed by atoms with Crippen LogP contribution in [-0.4, -0.2) is 17.7 Å². The topological polar surface area (TPSA) is 26.2 Å². The van der Waals surface area contributed by atoms with Crippen LogP contribution in [0.3, 0.4) is 0 Å². The van der Waals surface area contributed by atoms with Gasteiger partial charge in [0, 0.05) is 41.2 Å². The molecule has 0 aliphatic carbocycles. The molecule has 4 heteroatoms. The van der Waals surface area contributed by atoms with E-state index >= 15 is 0 Å². The minimum absolute atomic E-state index is 0.353. The van der Waals surface area contributed by atoms with Crippen molar-refractivity contribution in [2.45, 2.75) is 38.5 Å². The van der Waals surface area contributed by atoms with Crippen molar-refractivity contribution in [1.82, 2.24) is 9.88 Å². The summed E-state index contributed by atoms with van der Waals surface area (Å²) in [6, 6.07) is 15.3. The van der Waals surface area contributed by atoms with Crippen molar-refractivity contribution in [3.63, 3.8) is 0 Å². The Labute approximate surface area is 147 Å². The van der Waals surface area contributed by atoms with Crippen LogP contribution in [0.2, 0.25) is 0 Å². The molecule has 1 atom stereocenters. The molecule has 3 aromatic rings. The zero-order chi connectivity index (χ0) is 16.2. The molecule has 1 aliphatic heterocycles. The van der Waals surface area contributed by atoms with Crippen LogP contribution in [0.15, 0.2) is 48.7 Å². The van der Waals surface area contributed by atoms with Crippen LogP contribution in [0.4, 0.5) is 0 Å². The third-order valence-electron chi connectivity index (χ3n) is 4.66. The second-order valence-corrected chi connectivity index (χ2v) is 7.60. The first-order chi connectivity index (χ1) is 11.9. The highest BCUT2D eigenvalue weighted by atomic mass is 32.1. The van der Waals surface area contributed by atoms with E-state index in [9.17, 15) is 0 Å². The predicted octanol–water partition coefficient (Wildman–Crippen LogP) is 4.73. The molecule has 24 heavy (non-hydrogen) atoms. The Morgan fingerprint density at radius 2 is 2.12 bits per heavy atom. The van der Waals surface area contributed by atoms with Gasteiger partial charge in [-0.2, -0.15) is 0 Å². The standard InChI is InChI=1S/C20H24N2OS/c1-2-6-18-16(5-1)10-13-22(18)12-4-11-21-15-17-8-9-20(24-17)19-7-3-14-23-19/h1-2,5-6,8-10,13,19,21H,3-4,7,11-12,14-15H2. The molecule has 3 nitrogen and oxygen atoms in total. The molecule has 2 aromatic heterocycles. The van der Waals surface area contributed by atoms with Gasteiger partial charge in [-0.3, -0.25) is 0 Å². The molecule has 4 rings (SSSR count). The molecule has 0 bridgehead atoms. The third kappa shape index (κ3) is 3.56. The quantitative estimate of drug-likeness (QED) is 0.629. The molecule has 0 saturated carbocycles. The molecule has 0 amide bonds. The number of aryl methyl sites for hydroxylation is 1. The lowest BCUT2D eigenvalue weighted by Crippen LogP contribution is -2.15. The van der Waals surface area contributed by atoms with Crippen molar-refractivity contribution in [2.24, 2.45) is 0 Å². The maximum absolute atomic E-state index is 5.76. The summed E-state index contributed by atoms with van der Waals surface area (Å²) >= 11 is 1.90. The molecular formula is C20H24N2OS. The zero-order valence-electron chi connectivity index (χ0n) is 13.9. The molecular weight excluding hydrogens is 316 g/mol. The Hall–Kier alpha value is -1.62. The predicted molar refractivity (Wildman–Crippen MR) is 101 cm³/mol. The van der Waals surface area contributed by atoms with Gasteiger partial charge in [-0.15, -0.1) is 11.3 Å². The van der Waals surface area contributed by atoms with Gasteiger partial charge in [-0.25, -0.2) is 0 Å². The van der Waals surface area contributed by atoms with Crippen molar-refractivity contribution in [3.05, 3.63) is 58.4 Å². The number of fused-ring (bicyclic) bond motifs is 1. The molecule has 1 N–H and O–H groups in total. The molecule has 126 valence electrons. The Balaban J connectivity index is 1.22. The van der Waals surface area contributed by atoms with Crippen LogP contribution in [0.25, 0.3) is 10.9 Å². The van der Waals surface area contributed by atoms with Crippen LogP contribution < -0.4 is 5.32 Å². The zero-order valence-corrected chi connectivity index (χ0v) is 14.7. The van der Waals surface area contributed by atoms with E-state index in [1.54, 1.807) is 0 Å². The lowest BCUT2D eigenvalue weighted by atomic mass is 10.2. The largest absolute Gasteiger partial charge is 0.373 e. The van der Waals surface area contributed by atoms with Crippen molar-refractivity contribution >= 4 is 22.2 Å². The summed E-state index contributed by atoms with van der Waals surface area (Å²) in [6.07, 6.45) is 6.06. The lowest BCUT2D eigenvalue weighted by molar-refractivity contribution is 0.114. The van der Waals surface area contributed by atoms with E-state index in [2.05, 4.69) is 58.5 Å². The van der Waals surface area contributed by atoms with Crippen LogP contribution in [0.1, 0.15) is 35.1 Å². The number of hydrogen-bond acceptors (Lipinski definition) is 3. The fourth-order valence-corrected chi connectivity index (χ4v) is 4.45. The fraction of sp³-hybridized carbons (Fsp3) is 0.400. The van der Waals surface area contributed by atoms with Gasteiger partial charge in [-0.05, 0) is 55.5 Å². The Morgan fingerprint density at radius 1 is 1.17 bits per heavy atom. The average Bonchev–Trinajstić information content (AvgIpc) is 3.35. The highest BCUT2D eigenvalue weighted by molar-refractivity contribution is 7.12. The number of nitrogens with one attached hydrogen (secondary N) is 1. The number of benzene rings is 1. The number of para-hydroxylation sites is 1. The first-order valence-corrected chi connectivity index (χ1v) is 9.66. The maximum Gasteiger partial charge on any atom is 0.0917 e. The van der Waals surface area contributed by atoms with Crippen LogP contribution in [0.5, 0.6) is 0 Å². The second kappa shape index (κ2) is 7.51. The van der Waals surface area contributed by atoms with Crippen molar-refractivity contribution in [3.8, 4) is 0 Å². The van der Waals surface area contributed by atoms with Crippen molar-refractivity contribution < 1.29 is 4.74 Å². The first kappa shape index (κ1) is 15.9. The number of aromatic nitrogens is 1. The summed E-state index contributed by atoms with van der Waals surface area (Å²) in [6.45, 7) is 3.99. The van der Waals surface area contributed by atoms with Gasteiger partial charge < -0.3 is 14.6 Å². The van der Waals surface area contributed by atoms with Crippen molar-refractivity contribution in [2.75, 3.05) is 13.2 Å². The van der Waals surface area contributed by atoms with Crippen molar-refractivity contribution in [1.29, 1.82) is 0 Å².